The highest BCUT2D eigenvalue weighted by atomic mass is 79.9. The third-order valence-electron chi connectivity index (χ3n) is 6.02. The molecule has 2 aliphatic heterocycles. The second kappa shape index (κ2) is 10.7. The lowest BCUT2D eigenvalue weighted by Gasteiger charge is -2.36. The van der Waals surface area contributed by atoms with E-state index in [1.165, 1.54) is 0 Å². The van der Waals surface area contributed by atoms with Crippen molar-refractivity contribution in [3.63, 3.8) is 0 Å². The summed E-state index contributed by atoms with van der Waals surface area (Å²) < 4.78 is 18.2. The molecule has 2 atom stereocenters. The highest BCUT2D eigenvalue weighted by Crippen LogP contribution is 2.36. The first-order chi connectivity index (χ1) is 16.0. The Balaban J connectivity index is 1.65. The van der Waals surface area contributed by atoms with E-state index in [-0.39, 0.29) is 12.5 Å². The van der Waals surface area contributed by atoms with Crippen molar-refractivity contribution in [2.24, 2.45) is 4.99 Å². The van der Waals surface area contributed by atoms with E-state index in [0.717, 1.165) is 15.6 Å². The number of halogens is 1. The standard InChI is InChI=1S/C25H29BrN2O5/c1-18-25(17-20-5-2-3-6-22(20)26,24(30)28-11-15-31-16-12-28)27-23(33-18)19-7-9-21(10-8-19)32-14-4-13-29/h2-3,5-10,18,29H,4,11-17H2,1H3/t18-,25-/m1/s1. The number of hydrogen-bond donors (Lipinski definition) is 1. The third kappa shape index (κ3) is 5.23. The topological polar surface area (TPSA) is 80.6 Å². The fourth-order valence-corrected chi connectivity index (χ4v) is 4.52. The molecule has 1 fully saturated rings. The van der Waals surface area contributed by atoms with Gasteiger partial charge in [0.1, 0.15) is 11.9 Å². The molecular formula is C25H29BrN2O5. The first-order valence-electron chi connectivity index (χ1n) is 11.2. The van der Waals surface area contributed by atoms with Crippen LogP contribution >= 0.6 is 15.9 Å². The summed E-state index contributed by atoms with van der Waals surface area (Å²) in [6, 6.07) is 15.4. The predicted molar refractivity (Wildman–Crippen MR) is 129 cm³/mol. The summed E-state index contributed by atoms with van der Waals surface area (Å²) in [4.78, 5) is 20.6. The smallest absolute Gasteiger partial charge is 0.255 e. The molecule has 7 nitrogen and oxygen atoms in total. The number of amides is 1. The van der Waals surface area contributed by atoms with E-state index in [2.05, 4.69) is 15.9 Å². The van der Waals surface area contributed by atoms with Crippen molar-refractivity contribution in [1.82, 2.24) is 4.90 Å². The number of morpholine rings is 1. The van der Waals surface area contributed by atoms with E-state index < -0.39 is 11.6 Å². The molecule has 2 aromatic rings. The number of aliphatic hydroxyl groups is 1. The van der Waals surface area contributed by atoms with Gasteiger partial charge in [0, 0.05) is 42.6 Å². The van der Waals surface area contributed by atoms with Gasteiger partial charge in [-0.2, -0.15) is 0 Å². The van der Waals surface area contributed by atoms with Crippen LogP contribution in [0.3, 0.4) is 0 Å². The van der Waals surface area contributed by atoms with Crippen LogP contribution < -0.4 is 4.74 Å². The largest absolute Gasteiger partial charge is 0.494 e. The SMILES string of the molecule is C[C@H]1OC(c2ccc(OCCCO)cc2)=N[C@@]1(Cc1ccccc1Br)C(=O)N1CCOCC1. The number of hydrogen-bond acceptors (Lipinski definition) is 6. The van der Waals surface area contributed by atoms with Crippen LogP contribution in [0.25, 0.3) is 0 Å². The number of benzene rings is 2. The van der Waals surface area contributed by atoms with E-state index in [0.29, 0.717) is 57.4 Å². The molecule has 8 heteroatoms. The first-order valence-corrected chi connectivity index (χ1v) is 12.0. The molecule has 0 bridgehead atoms. The van der Waals surface area contributed by atoms with Crippen molar-refractivity contribution in [1.29, 1.82) is 0 Å². The van der Waals surface area contributed by atoms with E-state index in [1.54, 1.807) is 0 Å². The number of rotatable bonds is 8. The molecule has 33 heavy (non-hydrogen) atoms. The normalized spacial score (nSPS) is 22.6. The highest BCUT2D eigenvalue weighted by Gasteiger charge is 2.52. The second-order valence-electron chi connectivity index (χ2n) is 8.22. The Morgan fingerprint density at radius 3 is 2.64 bits per heavy atom. The number of carbonyl (C=O) groups excluding carboxylic acids is 1. The van der Waals surface area contributed by atoms with Gasteiger partial charge in [0.25, 0.3) is 5.91 Å². The van der Waals surface area contributed by atoms with Gasteiger partial charge in [0.2, 0.25) is 5.90 Å². The molecule has 0 aromatic heterocycles. The molecule has 0 radical (unpaired) electrons. The lowest BCUT2D eigenvalue weighted by molar-refractivity contribution is -0.143. The first kappa shape index (κ1) is 23.7. The van der Waals surface area contributed by atoms with Crippen LogP contribution in [0.1, 0.15) is 24.5 Å². The minimum atomic E-state index is -1.06. The number of aliphatic hydroxyl groups excluding tert-OH is 1. The van der Waals surface area contributed by atoms with E-state index in [9.17, 15) is 4.79 Å². The Bertz CT molecular complexity index is 991. The summed E-state index contributed by atoms with van der Waals surface area (Å²) >= 11 is 3.62. The van der Waals surface area contributed by atoms with Gasteiger partial charge in [-0.3, -0.25) is 4.79 Å². The summed E-state index contributed by atoms with van der Waals surface area (Å²) in [6.07, 6.45) is 0.573. The van der Waals surface area contributed by atoms with Crippen LogP contribution in [0.4, 0.5) is 0 Å². The highest BCUT2D eigenvalue weighted by molar-refractivity contribution is 9.10. The van der Waals surface area contributed by atoms with Crippen molar-refractivity contribution in [3.8, 4) is 5.75 Å². The van der Waals surface area contributed by atoms with Crippen LogP contribution in [-0.2, 0) is 20.7 Å². The van der Waals surface area contributed by atoms with Gasteiger partial charge in [-0.15, -0.1) is 0 Å². The second-order valence-corrected chi connectivity index (χ2v) is 9.08. The number of ether oxygens (including phenoxy) is 3. The molecule has 4 rings (SSSR count). The molecule has 176 valence electrons. The van der Waals surface area contributed by atoms with Crippen LogP contribution in [-0.4, -0.2) is 73.0 Å². The minimum absolute atomic E-state index is 0.0342. The Hall–Kier alpha value is -2.42. The van der Waals surface area contributed by atoms with E-state index in [4.69, 9.17) is 24.3 Å². The fourth-order valence-electron chi connectivity index (χ4n) is 4.10. The summed E-state index contributed by atoms with van der Waals surface area (Å²) in [5.74, 6) is 1.13. The Morgan fingerprint density at radius 1 is 1.21 bits per heavy atom. The van der Waals surface area contributed by atoms with Crippen molar-refractivity contribution in [2.75, 3.05) is 39.5 Å². The lowest BCUT2D eigenvalue weighted by Crippen LogP contribution is -2.56. The molecule has 0 spiro atoms. The summed E-state index contributed by atoms with van der Waals surface area (Å²) in [5.41, 5.74) is 0.736. The molecule has 0 saturated carbocycles. The summed E-state index contributed by atoms with van der Waals surface area (Å²) in [7, 11) is 0. The molecular weight excluding hydrogens is 488 g/mol. The Labute approximate surface area is 202 Å². The van der Waals surface area contributed by atoms with E-state index >= 15 is 0 Å². The molecule has 2 aromatic carbocycles. The maximum Gasteiger partial charge on any atom is 0.255 e. The monoisotopic (exact) mass is 516 g/mol. The number of nitrogens with zero attached hydrogens (tertiary/aromatic N) is 2. The molecule has 1 amide bonds. The van der Waals surface area contributed by atoms with Crippen molar-refractivity contribution >= 4 is 27.7 Å². The van der Waals surface area contributed by atoms with Gasteiger partial charge >= 0.3 is 0 Å². The van der Waals surface area contributed by atoms with Crippen LogP contribution in [0.5, 0.6) is 5.75 Å². The van der Waals surface area contributed by atoms with Crippen molar-refractivity contribution < 1.29 is 24.1 Å². The van der Waals surface area contributed by atoms with Gasteiger partial charge in [0.05, 0.1) is 19.8 Å². The molecule has 1 saturated heterocycles. The van der Waals surface area contributed by atoms with Gasteiger partial charge in [-0.1, -0.05) is 34.1 Å². The molecule has 0 aliphatic carbocycles. The third-order valence-corrected chi connectivity index (χ3v) is 6.79. The number of carbonyl (C=O) groups is 1. The zero-order valence-corrected chi connectivity index (χ0v) is 20.3. The Kier molecular flexibility index (Phi) is 7.67. The molecule has 2 heterocycles. The summed E-state index contributed by atoms with van der Waals surface area (Å²) in [5, 5.41) is 8.91. The maximum atomic E-state index is 13.9. The molecule has 2 aliphatic rings. The Morgan fingerprint density at radius 2 is 1.94 bits per heavy atom. The van der Waals surface area contributed by atoms with Crippen LogP contribution in [0.2, 0.25) is 0 Å². The average molecular weight is 517 g/mol. The maximum absolute atomic E-state index is 13.9. The lowest BCUT2D eigenvalue weighted by atomic mass is 9.85. The van der Waals surface area contributed by atoms with Gasteiger partial charge in [0.15, 0.2) is 5.54 Å². The van der Waals surface area contributed by atoms with Crippen molar-refractivity contribution in [3.05, 3.63) is 64.1 Å². The van der Waals surface area contributed by atoms with E-state index in [1.807, 2.05) is 60.4 Å². The zero-order valence-electron chi connectivity index (χ0n) is 18.7. The average Bonchev–Trinajstić information content (AvgIpc) is 3.18. The van der Waals surface area contributed by atoms with Gasteiger partial charge in [-0.25, -0.2) is 4.99 Å². The summed E-state index contributed by atoms with van der Waals surface area (Å²) in [6.45, 7) is 4.62. The molecule has 1 N–H and O–H groups in total. The molecule has 0 unspecified atom stereocenters. The van der Waals surface area contributed by atoms with Crippen LogP contribution in [0.15, 0.2) is 58.0 Å². The van der Waals surface area contributed by atoms with Gasteiger partial charge < -0.3 is 24.2 Å². The quantitative estimate of drug-likeness (QED) is 0.544. The van der Waals surface area contributed by atoms with Gasteiger partial charge in [-0.05, 0) is 42.8 Å². The predicted octanol–water partition coefficient (Wildman–Crippen LogP) is 3.22. The van der Waals surface area contributed by atoms with Crippen LogP contribution in [0, 0.1) is 0 Å². The van der Waals surface area contributed by atoms with Crippen molar-refractivity contribution in [2.45, 2.75) is 31.4 Å². The zero-order chi connectivity index (χ0) is 23.3. The fraction of sp³-hybridized carbons (Fsp3) is 0.440. The minimum Gasteiger partial charge on any atom is -0.494 e. The number of aliphatic imine (C=N–C) groups is 1.